The molecule has 0 bridgehead atoms. The second kappa shape index (κ2) is 7.40. The maximum Gasteiger partial charge on any atom is 0.135 e. The molecule has 4 heteroatoms. The Morgan fingerprint density at radius 1 is 1.25 bits per heavy atom. The number of hydrogen-bond acceptors (Lipinski definition) is 3. The van der Waals surface area contributed by atoms with Gasteiger partial charge in [0.15, 0.2) is 0 Å². The predicted molar refractivity (Wildman–Crippen MR) is 49.6 cm³/mol. The molecule has 1 heterocycles. The van der Waals surface area contributed by atoms with E-state index in [0.717, 1.165) is 0 Å². The lowest BCUT2D eigenvalue weighted by Crippen LogP contribution is -2.03. The summed E-state index contributed by atoms with van der Waals surface area (Å²) < 4.78 is 0. The number of allylic oxidation sites excluding steroid dienone is 4. The van der Waals surface area contributed by atoms with Crippen molar-refractivity contribution in [2.24, 2.45) is 10.9 Å². The molecule has 0 radical (unpaired) electrons. The van der Waals surface area contributed by atoms with E-state index in [1.54, 1.807) is 0 Å². The van der Waals surface area contributed by atoms with Crippen LogP contribution >= 0.6 is 0 Å². The maximum absolute atomic E-state index is 7.61. The van der Waals surface area contributed by atoms with Gasteiger partial charge in [0.05, 0.1) is 0 Å². The van der Waals surface area contributed by atoms with Gasteiger partial charge in [-0.3, -0.25) is 0 Å². The summed E-state index contributed by atoms with van der Waals surface area (Å²) in [5.74, 6) is 0.185. The third-order valence-corrected chi connectivity index (χ3v) is 0.876. The Morgan fingerprint density at radius 3 is 2.00 bits per heavy atom. The van der Waals surface area contributed by atoms with E-state index in [2.05, 4.69) is 10.5 Å². The van der Waals surface area contributed by atoms with Gasteiger partial charge in [-0.2, -0.15) is 0 Å². The van der Waals surface area contributed by atoms with Crippen molar-refractivity contribution in [2.45, 2.75) is 6.92 Å². The summed E-state index contributed by atoms with van der Waals surface area (Å²) in [6, 6.07) is 0. The molecule has 0 aliphatic carbocycles. The van der Waals surface area contributed by atoms with E-state index in [-0.39, 0.29) is 5.84 Å². The molecule has 0 unspecified atom stereocenters. The van der Waals surface area contributed by atoms with Crippen LogP contribution in [0.2, 0.25) is 0 Å². The Balaban J connectivity index is 0.000000217. The maximum atomic E-state index is 7.61. The average Bonchev–Trinajstić information content (AvgIpc) is 2.35. The highest BCUT2D eigenvalue weighted by molar-refractivity contribution is 5.76. The number of oxime groups is 1. The molecule has 0 aromatic heterocycles. The van der Waals surface area contributed by atoms with Crippen molar-refractivity contribution in [3.63, 3.8) is 0 Å². The lowest BCUT2D eigenvalue weighted by Gasteiger charge is -1.79. The molecule has 0 spiro atoms. The summed E-state index contributed by atoms with van der Waals surface area (Å²) >= 11 is 0. The van der Waals surface area contributed by atoms with Gasteiger partial charge in [-0.25, -0.2) is 0 Å². The van der Waals surface area contributed by atoms with Crippen molar-refractivity contribution < 1.29 is 5.21 Å². The highest BCUT2D eigenvalue weighted by Gasteiger charge is 1.67. The van der Waals surface area contributed by atoms with Crippen molar-refractivity contribution in [3.05, 3.63) is 36.7 Å². The second-order valence-corrected chi connectivity index (χ2v) is 2.01. The molecule has 4 N–H and O–H groups in total. The Morgan fingerprint density at radius 2 is 1.67 bits per heavy atom. The number of amidine groups is 1. The zero-order valence-electron chi connectivity index (χ0n) is 6.94. The van der Waals surface area contributed by atoms with Gasteiger partial charge in [-0.15, -0.1) is 0 Å². The summed E-state index contributed by atoms with van der Waals surface area (Å²) in [7, 11) is 0. The highest BCUT2D eigenvalue weighted by atomic mass is 16.4. The standard InChI is InChI=1S/C6H7N.C2H6N2O/c1-2-4-6-7-5-3-1;1-2(3)4-5/h1-7H;5H,1H3,(H2,3,4). The van der Waals surface area contributed by atoms with Crippen LogP contribution in [0.4, 0.5) is 0 Å². The van der Waals surface area contributed by atoms with Crippen LogP contribution in [0, 0.1) is 0 Å². The van der Waals surface area contributed by atoms with Gasteiger partial charge in [-0.05, 0) is 19.1 Å². The number of hydrogen-bond donors (Lipinski definition) is 3. The van der Waals surface area contributed by atoms with Crippen LogP contribution in [-0.4, -0.2) is 11.0 Å². The van der Waals surface area contributed by atoms with E-state index < -0.39 is 0 Å². The van der Waals surface area contributed by atoms with E-state index in [1.165, 1.54) is 6.92 Å². The molecule has 12 heavy (non-hydrogen) atoms. The minimum absolute atomic E-state index is 0.185. The Labute approximate surface area is 71.8 Å². The molecule has 4 nitrogen and oxygen atoms in total. The fourth-order valence-corrected chi connectivity index (χ4v) is 0.406. The summed E-state index contributed by atoms with van der Waals surface area (Å²) in [5.41, 5.74) is 4.79. The van der Waals surface area contributed by atoms with E-state index in [0.29, 0.717) is 0 Å². The van der Waals surface area contributed by atoms with Crippen LogP contribution in [0.1, 0.15) is 6.92 Å². The number of rotatable bonds is 0. The SMILES string of the molecule is C1=CC=CNC=C1.CC(N)=NO. The average molecular weight is 167 g/mol. The molecule has 1 aliphatic rings. The smallest absolute Gasteiger partial charge is 0.135 e. The van der Waals surface area contributed by atoms with E-state index in [4.69, 9.17) is 10.9 Å². The fourth-order valence-electron chi connectivity index (χ4n) is 0.406. The van der Waals surface area contributed by atoms with Crippen molar-refractivity contribution in [1.29, 1.82) is 0 Å². The molecule has 0 saturated heterocycles. The minimum Gasteiger partial charge on any atom is -0.409 e. The van der Waals surface area contributed by atoms with Crippen LogP contribution in [-0.2, 0) is 0 Å². The Hall–Kier alpha value is -1.71. The first-order valence-corrected chi connectivity index (χ1v) is 3.46. The predicted octanol–water partition coefficient (Wildman–Crippen LogP) is 0.926. The third-order valence-electron chi connectivity index (χ3n) is 0.876. The number of nitrogens with two attached hydrogens (primary N) is 1. The van der Waals surface area contributed by atoms with Gasteiger partial charge in [-0.1, -0.05) is 17.3 Å². The van der Waals surface area contributed by atoms with Crippen molar-refractivity contribution >= 4 is 5.84 Å². The van der Waals surface area contributed by atoms with Crippen LogP contribution in [0.5, 0.6) is 0 Å². The molecule has 1 rings (SSSR count). The van der Waals surface area contributed by atoms with Crippen LogP contribution in [0.3, 0.4) is 0 Å². The lowest BCUT2D eigenvalue weighted by molar-refractivity contribution is 0.318. The molecule has 66 valence electrons. The minimum atomic E-state index is 0.185. The van der Waals surface area contributed by atoms with Crippen LogP contribution in [0.25, 0.3) is 0 Å². The fraction of sp³-hybridized carbons (Fsp3) is 0.125. The molecule has 0 saturated carbocycles. The molecule has 0 aromatic rings. The summed E-state index contributed by atoms with van der Waals surface area (Å²) in [5, 5.41) is 13.1. The first-order chi connectivity index (χ1) is 5.77. The summed E-state index contributed by atoms with van der Waals surface area (Å²) in [6.07, 6.45) is 11.6. The van der Waals surface area contributed by atoms with Gasteiger partial charge in [0.2, 0.25) is 0 Å². The molecular weight excluding hydrogens is 154 g/mol. The largest absolute Gasteiger partial charge is 0.409 e. The number of nitrogens with one attached hydrogen (secondary N) is 1. The number of nitrogens with zero attached hydrogens (tertiary/aromatic N) is 1. The third kappa shape index (κ3) is 8.29. The molecule has 0 atom stereocenters. The van der Waals surface area contributed by atoms with Gasteiger partial charge < -0.3 is 16.3 Å². The van der Waals surface area contributed by atoms with Gasteiger partial charge in [0, 0.05) is 12.4 Å². The van der Waals surface area contributed by atoms with Gasteiger partial charge in [0.25, 0.3) is 0 Å². The normalized spacial score (nSPS) is 14.2. The van der Waals surface area contributed by atoms with E-state index >= 15 is 0 Å². The molecular formula is C8H13N3O. The quantitative estimate of drug-likeness (QED) is 0.217. The monoisotopic (exact) mass is 167 g/mol. The summed E-state index contributed by atoms with van der Waals surface area (Å²) in [6.45, 7) is 1.50. The lowest BCUT2D eigenvalue weighted by atomic mass is 10.5. The van der Waals surface area contributed by atoms with Crippen molar-refractivity contribution in [3.8, 4) is 0 Å². The molecule has 1 aliphatic heterocycles. The van der Waals surface area contributed by atoms with Crippen LogP contribution in [0.15, 0.2) is 41.9 Å². The molecule has 0 aromatic carbocycles. The van der Waals surface area contributed by atoms with Gasteiger partial charge in [0.1, 0.15) is 5.84 Å². The zero-order valence-corrected chi connectivity index (χ0v) is 6.94. The van der Waals surface area contributed by atoms with Crippen LogP contribution < -0.4 is 11.1 Å². The van der Waals surface area contributed by atoms with Crippen molar-refractivity contribution in [2.75, 3.05) is 0 Å². The zero-order chi connectivity index (χ0) is 9.23. The first kappa shape index (κ1) is 10.3. The van der Waals surface area contributed by atoms with E-state index in [9.17, 15) is 0 Å². The Bertz CT molecular complexity index is 198. The Kier molecular flexibility index (Phi) is 6.34. The first-order valence-electron chi connectivity index (χ1n) is 3.46. The highest BCUT2D eigenvalue weighted by Crippen LogP contribution is 1.81. The molecule has 0 fully saturated rings. The van der Waals surface area contributed by atoms with E-state index in [1.807, 2.05) is 36.7 Å². The van der Waals surface area contributed by atoms with Gasteiger partial charge >= 0.3 is 0 Å². The second-order valence-electron chi connectivity index (χ2n) is 2.01. The summed E-state index contributed by atoms with van der Waals surface area (Å²) in [4.78, 5) is 0. The topological polar surface area (TPSA) is 70.6 Å². The van der Waals surface area contributed by atoms with Crippen molar-refractivity contribution in [1.82, 2.24) is 5.32 Å². The molecule has 0 amide bonds.